The highest BCUT2D eigenvalue weighted by molar-refractivity contribution is 5.76. The fourth-order valence-corrected chi connectivity index (χ4v) is 2.97. The van der Waals surface area contributed by atoms with E-state index >= 15 is 0 Å². The van der Waals surface area contributed by atoms with Gasteiger partial charge in [-0.2, -0.15) is 0 Å². The van der Waals surface area contributed by atoms with Gasteiger partial charge in [-0.05, 0) is 44.2 Å². The number of hydrogen-bond donors (Lipinski definition) is 3. The Kier molecular flexibility index (Phi) is 6.73. The molecule has 1 aromatic carbocycles. The number of carbonyl (C=O) groups is 2. The van der Waals surface area contributed by atoms with Gasteiger partial charge in [0.2, 0.25) is 5.91 Å². The van der Waals surface area contributed by atoms with Gasteiger partial charge in [0.25, 0.3) is 5.69 Å². The van der Waals surface area contributed by atoms with Crippen molar-refractivity contribution in [2.45, 2.75) is 44.6 Å². The summed E-state index contributed by atoms with van der Waals surface area (Å²) in [4.78, 5) is 33.0. The van der Waals surface area contributed by atoms with Crippen LogP contribution in [-0.2, 0) is 9.59 Å². The fraction of sp³-hybridized carbons (Fsp3) is 0.529. The average molecular weight is 349 g/mol. The largest absolute Gasteiger partial charge is 0.481 e. The summed E-state index contributed by atoms with van der Waals surface area (Å²) in [5.74, 6) is -1.05. The number of amides is 1. The van der Waals surface area contributed by atoms with Gasteiger partial charge >= 0.3 is 5.97 Å². The van der Waals surface area contributed by atoms with Gasteiger partial charge in [0.05, 0.1) is 10.8 Å². The molecule has 1 amide bonds. The summed E-state index contributed by atoms with van der Waals surface area (Å²) in [6, 6.07) is 6.22. The van der Waals surface area contributed by atoms with E-state index in [1.54, 1.807) is 12.1 Å². The van der Waals surface area contributed by atoms with Crippen LogP contribution in [0.15, 0.2) is 24.3 Å². The topological polar surface area (TPSA) is 122 Å². The highest BCUT2D eigenvalue weighted by Crippen LogP contribution is 2.24. The van der Waals surface area contributed by atoms with E-state index < -0.39 is 10.9 Å². The van der Waals surface area contributed by atoms with Crippen molar-refractivity contribution in [1.82, 2.24) is 5.32 Å². The third kappa shape index (κ3) is 6.06. The lowest BCUT2D eigenvalue weighted by Gasteiger charge is -2.26. The molecule has 1 fully saturated rings. The van der Waals surface area contributed by atoms with Crippen LogP contribution in [0.5, 0.6) is 0 Å². The van der Waals surface area contributed by atoms with Crippen LogP contribution in [0.3, 0.4) is 0 Å². The lowest BCUT2D eigenvalue weighted by molar-refractivity contribution is -0.384. The van der Waals surface area contributed by atoms with Gasteiger partial charge in [-0.3, -0.25) is 19.7 Å². The summed E-state index contributed by atoms with van der Waals surface area (Å²) in [7, 11) is 0. The van der Waals surface area contributed by atoms with Crippen LogP contribution < -0.4 is 10.6 Å². The maximum atomic E-state index is 11.9. The second-order valence-electron chi connectivity index (χ2n) is 6.29. The molecule has 2 rings (SSSR count). The van der Waals surface area contributed by atoms with Crippen molar-refractivity contribution in [3.63, 3.8) is 0 Å². The van der Waals surface area contributed by atoms with Crippen LogP contribution in [0.2, 0.25) is 0 Å². The lowest BCUT2D eigenvalue weighted by Crippen LogP contribution is -2.38. The van der Waals surface area contributed by atoms with Gasteiger partial charge in [-0.25, -0.2) is 0 Å². The molecule has 0 heterocycles. The summed E-state index contributed by atoms with van der Waals surface area (Å²) in [6.07, 6.45) is 3.68. The quantitative estimate of drug-likeness (QED) is 0.377. The van der Waals surface area contributed by atoms with E-state index in [1.165, 1.54) is 12.1 Å². The molecule has 1 saturated carbocycles. The minimum Gasteiger partial charge on any atom is -0.481 e. The van der Waals surface area contributed by atoms with Crippen molar-refractivity contribution in [3.8, 4) is 0 Å². The van der Waals surface area contributed by atoms with Gasteiger partial charge < -0.3 is 15.7 Å². The van der Waals surface area contributed by atoms with Crippen molar-refractivity contribution in [3.05, 3.63) is 34.4 Å². The molecule has 0 spiro atoms. The molecule has 0 radical (unpaired) electrons. The predicted molar refractivity (Wildman–Crippen MR) is 92.3 cm³/mol. The van der Waals surface area contributed by atoms with Gasteiger partial charge in [-0.15, -0.1) is 0 Å². The zero-order valence-corrected chi connectivity index (χ0v) is 13.9. The summed E-state index contributed by atoms with van der Waals surface area (Å²) < 4.78 is 0. The van der Waals surface area contributed by atoms with Crippen LogP contribution in [0.1, 0.15) is 38.5 Å². The molecule has 3 N–H and O–H groups in total. The minimum atomic E-state index is -0.748. The number of nitro benzene ring substituents is 1. The zero-order valence-electron chi connectivity index (χ0n) is 13.9. The number of anilines is 1. The Bertz CT molecular complexity index is 609. The van der Waals surface area contributed by atoms with E-state index in [9.17, 15) is 19.7 Å². The Morgan fingerprint density at radius 2 is 1.80 bits per heavy atom. The number of benzene rings is 1. The Balaban J connectivity index is 1.61. The van der Waals surface area contributed by atoms with Crippen LogP contribution in [-0.4, -0.2) is 34.5 Å². The monoisotopic (exact) mass is 349 g/mol. The first-order chi connectivity index (χ1) is 12.0. The van der Waals surface area contributed by atoms with Crippen molar-refractivity contribution in [1.29, 1.82) is 0 Å². The van der Waals surface area contributed by atoms with Crippen LogP contribution in [0, 0.1) is 16.0 Å². The molecule has 0 aromatic heterocycles. The Morgan fingerprint density at radius 1 is 1.16 bits per heavy atom. The minimum absolute atomic E-state index is 0.0238. The molecule has 8 heteroatoms. The molecule has 0 saturated heterocycles. The van der Waals surface area contributed by atoms with E-state index in [2.05, 4.69) is 10.6 Å². The van der Waals surface area contributed by atoms with Gasteiger partial charge in [0.15, 0.2) is 0 Å². The van der Waals surface area contributed by atoms with E-state index in [-0.39, 0.29) is 23.6 Å². The average Bonchev–Trinajstić information content (AvgIpc) is 2.59. The smallest absolute Gasteiger partial charge is 0.306 e. The van der Waals surface area contributed by atoms with Crippen molar-refractivity contribution in [2.24, 2.45) is 5.92 Å². The third-order valence-electron chi connectivity index (χ3n) is 4.43. The van der Waals surface area contributed by atoms with Crippen LogP contribution >= 0.6 is 0 Å². The zero-order chi connectivity index (χ0) is 18.2. The highest BCUT2D eigenvalue weighted by Gasteiger charge is 2.26. The molecule has 1 aromatic rings. The van der Waals surface area contributed by atoms with Crippen molar-refractivity contribution >= 4 is 23.3 Å². The fourth-order valence-electron chi connectivity index (χ4n) is 2.97. The highest BCUT2D eigenvalue weighted by atomic mass is 16.6. The molecule has 0 unspecified atom stereocenters. The maximum Gasteiger partial charge on any atom is 0.306 e. The van der Waals surface area contributed by atoms with Gasteiger partial charge in [0.1, 0.15) is 0 Å². The second kappa shape index (κ2) is 9.00. The van der Waals surface area contributed by atoms with E-state index in [0.717, 1.165) is 5.69 Å². The molecule has 25 heavy (non-hydrogen) atoms. The molecule has 1 aliphatic rings. The number of nitrogens with one attached hydrogen (secondary N) is 2. The number of carbonyl (C=O) groups excluding carboxylic acids is 1. The normalized spacial score (nSPS) is 19.8. The van der Waals surface area contributed by atoms with Gasteiger partial charge in [-0.1, -0.05) is 0 Å². The molecular formula is C17H23N3O5. The molecule has 0 aliphatic heterocycles. The first kappa shape index (κ1) is 18.7. The Hall–Kier alpha value is -2.64. The number of aliphatic carboxylic acids is 1. The predicted octanol–water partition coefficient (Wildman–Crippen LogP) is 2.55. The summed E-state index contributed by atoms with van der Waals surface area (Å²) in [6.45, 7) is 0.594. The number of carboxylic acids is 1. The second-order valence-corrected chi connectivity index (χ2v) is 6.29. The van der Waals surface area contributed by atoms with E-state index in [0.29, 0.717) is 45.1 Å². The molecule has 0 atom stereocenters. The number of nitro groups is 1. The standard InChI is InChI=1S/C17H23N3O5/c21-16(19-14-5-3-12(4-6-14)17(22)23)2-1-11-18-13-7-9-15(10-8-13)20(24)25/h7-10,12,14,18H,1-6,11H2,(H,19,21)(H,22,23). The van der Waals surface area contributed by atoms with Crippen LogP contribution in [0.4, 0.5) is 11.4 Å². The number of nitrogens with zero attached hydrogens (tertiary/aromatic N) is 1. The number of hydrogen-bond acceptors (Lipinski definition) is 5. The first-order valence-electron chi connectivity index (χ1n) is 8.46. The first-order valence-corrected chi connectivity index (χ1v) is 8.46. The Labute approximate surface area is 145 Å². The number of carboxylic acid groups (broad SMARTS) is 1. The number of rotatable bonds is 8. The lowest BCUT2D eigenvalue weighted by atomic mass is 9.86. The third-order valence-corrected chi connectivity index (χ3v) is 4.43. The Morgan fingerprint density at radius 3 is 2.36 bits per heavy atom. The molecule has 0 bridgehead atoms. The maximum absolute atomic E-state index is 11.9. The summed E-state index contributed by atoms with van der Waals surface area (Å²) in [5.41, 5.74) is 0.820. The molecule has 8 nitrogen and oxygen atoms in total. The molecule has 1 aliphatic carbocycles. The molecular weight excluding hydrogens is 326 g/mol. The SMILES string of the molecule is O=C(CCCNc1ccc([N+](=O)[O-])cc1)NC1CCC(C(=O)O)CC1. The summed E-state index contributed by atoms with van der Waals surface area (Å²) in [5, 5.41) is 25.6. The van der Waals surface area contributed by atoms with E-state index in [4.69, 9.17) is 5.11 Å². The van der Waals surface area contributed by atoms with Crippen molar-refractivity contribution < 1.29 is 19.6 Å². The van der Waals surface area contributed by atoms with E-state index in [1.807, 2.05) is 0 Å². The number of non-ortho nitro benzene ring substituents is 1. The van der Waals surface area contributed by atoms with Crippen LogP contribution in [0.25, 0.3) is 0 Å². The van der Waals surface area contributed by atoms with Crippen molar-refractivity contribution in [2.75, 3.05) is 11.9 Å². The summed E-state index contributed by atoms with van der Waals surface area (Å²) >= 11 is 0. The van der Waals surface area contributed by atoms with Gasteiger partial charge in [0, 0.05) is 36.8 Å². The molecule has 136 valence electrons.